The van der Waals surface area contributed by atoms with Crippen molar-refractivity contribution in [3.05, 3.63) is 91.2 Å². The fourth-order valence-corrected chi connectivity index (χ4v) is 2.97. The molecular formula is C21H21ClN4O3. The zero-order valence-corrected chi connectivity index (χ0v) is 16.9. The van der Waals surface area contributed by atoms with Crippen molar-refractivity contribution in [2.24, 2.45) is 0 Å². The number of carbonyl (C=O) groups excluding carboxylic acids is 1. The van der Waals surface area contributed by atoms with E-state index in [0.717, 1.165) is 14.8 Å². The van der Waals surface area contributed by atoms with Crippen LogP contribution < -0.4 is 16.6 Å². The number of halogens is 1. The van der Waals surface area contributed by atoms with Crippen LogP contribution in [-0.2, 0) is 6.54 Å². The number of hydrogen-bond donors (Lipinski definition) is 1. The van der Waals surface area contributed by atoms with E-state index in [-0.39, 0.29) is 12.2 Å². The first-order valence-electron chi connectivity index (χ1n) is 9.25. The van der Waals surface area contributed by atoms with E-state index in [4.69, 9.17) is 11.6 Å². The molecule has 0 aliphatic heterocycles. The lowest BCUT2D eigenvalue weighted by atomic mass is 10.2. The molecule has 0 bridgehead atoms. The van der Waals surface area contributed by atoms with E-state index in [1.807, 2.05) is 26.0 Å². The fraction of sp³-hybridized carbons (Fsp3) is 0.238. The summed E-state index contributed by atoms with van der Waals surface area (Å²) >= 11 is 6.20. The van der Waals surface area contributed by atoms with E-state index >= 15 is 0 Å². The predicted octanol–water partition coefficient (Wildman–Crippen LogP) is 2.54. The summed E-state index contributed by atoms with van der Waals surface area (Å²) in [5.41, 5.74) is 0.309. The number of benzene rings is 2. The molecule has 7 nitrogen and oxygen atoms in total. The maximum atomic E-state index is 13.1. The lowest BCUT2D eigenvalue weighted by Gasteiger charge is -2.13. The second-order valence-corrected chi connectivity index (χ2v) is 7.02. The van der Waals surface area contributed by atoms with Gasteiger partial charge in [0.1, 0.15) is 0 Å². The second-order valence-electron chi connectivity index (χ2n) is 6.62. The molecule has 150 valence electrons. The highest BCUT2D eigenvalue weighted by Crippen LogP contribution is 2.15. The summed E-state index contributed by atoms with van der Waals surface area (Å²) in [5, 5.41) is 7.14. The van der Waals surface area contributed by atoms with Gasteiger partial charge in [-0.1, -0.05) is 54.4 Å². The quantitative estimate of drug-likeness (QED) is 0.674. The van der Waals surface area contributed by atoms with Crippen LogP contribution in [0.4, 0.5) is 0 Å². The standard InChI is InChI=1S/C21H21ClN4O3/c1-3-12-23-19(27)18-20(28)25(13-15-6-4-5-7-17(15)22)21(29)26(24-18)16-10-8-14(2)9-11-16/h4-11H,3,12-13H2,1-2H3,(H,23,27). The summed E-state index contributed by atoms with van der Waals surface area (Å²) in [4.78, 5) is 38.5. The van der Waals surface area contributed by atoms with Crippen molar-refractivity contribution in [3.8, 4) is 5.69 Å². The van der Waals surface area contributed by atoms with Crippen LogP contribution in [0, 0.1) is 6.92 Å². The number of nitrogens with one attached hydrogen (secondary N) is 1. The Kier molecular flexibility index (Phi) is 6.29. The number of rotatable bonds is 6. The van der Waals surface area contributed by atoms with E-state index in [1.165, 1.54) is 0 Å². The molecule has 0 saturated carbocycles. The van der Waals surface area contributed by atoms with Crippen LogP contribution in [0.2, 0.25) is 5.02 Å². The number of nitrogens with zero attached hydrogens (tertiary/aromatic N) is 3. The van der Waals surface area contributed by atoms with Crippen molar-refractivity contribution in [2.75, 3.05) is 6.54 Å². The first-order valence-corrected chi connectivity index (χ1v) is 9.63. The van der Waals surface area contributed by atoms with Crippen LogP contribution in [0.5, 0.6) is 0 Å². The molecule has 1 heterocycles. The third-order valence-electron chi connectivity index (χ3n) is 4.38. The Hall–Kier alpha value is -3.19. The molecule has 2 aromatic carbocycles. The highest BCUT2D eigenvalue weighted by Gasteiger charge is 2.20. The van der Waals surface area contributed by atoms with E-state index in [2.05, 4.69) is 10.4 Å². The van der Waals surface area contributed by atoms with Gasteiger partial charge in [0.25, 0.3) is 11.5 Å². The van der Waals surface area contributed by atoms with Gasteiger partial charge >= 0.3 is 5.69 Å². The second kappa shape index (κ2) is 8.87. The Morgan fingerprint density at radius 1 is 1.10 bits per heavy atom. The number of amides is 1. The average molecular weight is 413 g/mol. The maximum absolute atomic E-state index is 13.1. The fourth-order valence-electron chi connectivity index (χ4n) is 2.77. The third kappa shape index (κ3) is 4.46. The zero-order chi connectivity index (χ0) is 21.0. The van der Waals surface area contributed by atoms with Crippen molar-refractivity contribution in [1.82, 2.24) is 19.7 Å². The van der Waals surface area contributed by atoms with Gasteiger partial charge in [0, 0.05) is 11.6 Å². The Bertz CT molecular complexity index is 1150. The van der Waals surface area contributed by atoms with Gasteiger partial charge in [-0.3, -0.25) is 14.2 Å². The molecule has 8 heteroatoms. The molecule has 0 radical (unpaired) electrons. The lowest BCUT2D eigenvalue weighted by molar-refractivity contribution is 0.0944. The topological polar surface area (TPSA) is 86.0 Å². The van der Waals surface area contributed by atoms with Gasteiger partial charge in [-0.2, -0.15) is 9.78 Å². The monoisotopic (exact) mass is 412 g/mol. The highest BCUT2D eigenvalue weighted by atomic mass is 35.5. The smallest absolute Gasteiger partial charge is 0.350 e. The predicted molar refractivity (Wildman–Crippen MR) is 112 cm³/mol. The maximum Gasteiger partial charge on any atom is 0.352 e. The summed E-state index contributed by atoms with van der Waals surface area (Å²) in [6, 6.07) is 14.0. The summed E-state index contributed by atoms with van der Waals surface area (Å²) in [7, 11) is 0. The normalized spacial score (nSPS) is 10.7. The minimum absolute atomic E-state index is 0.0697. The van der Waals surface area contributed by atoms with Gasteiger partial charge in [0.2, 0.25) is 5.69 Å². The summed E-state index contributed by atoms with van der Waals surface area (Å²) in [5.74, 6) is -0.620. The summed E-state index contributed by atoms with van der Waals surface area (Å²) in [6.07, 6.45) is 0.706. The summed E-state index contributed by atoms with van der Waals surface area (Å²) in [6.45, 7) is 4.15. The summed E-state index contributed by atoms with van der Waals surface area (Å²) < 4.78 is 2.05. The lowest BCUT2D eigenvalue weighted by Crippen LogP contribution is -2.46. The van der Waals surface area contributed by atoms with Gasteiger partial charge in [-0.15, -0.1) is 0 Å². The number of aryl methyl sites for hydroxylation is 1. The van der Waals surface area contributed by atoms with Crippen LogP contribution in [0.25, 0.3) is 5.69 Å². The van der Waals surface area contributed by atoms with E-state index in [9.17, 15) is 14.4 Å². The Morgan fingerprint density at radius 3 is 2.45 bits per heavy atom. The average Bonchev–Trinajstić information content (AvgIpc) is 2.71. The van der Waals surface area contributed by atoms with Gasteiger partial charge < -0.3 is 5.32 Å². The van der Waals surface area contributed by atoms with Crippen LogP contribution in [0.15, 0.2) is 58.1 Å². The Morgan fingerprint density at radius 2 is 1.79 bits per heavy atom. The van der Waals surface area contributed by atoms with Gasteiger partial charge in [0.15, 0.2) is 0 Å². The largest absolute Gasteiger partial charge is 0.352 e. The van der Waals surface area contributed by atoms with Crippen molar-refractivity contribution >= 4 is 17.5 Å². The Labute approximate surface area is 172 Å². The SMILES string of the molecule is CCCNC(=O)c1nn(-c2ccc(C)cc2)c(=O)n(Cc2ccccc2Cl)c1=O. The molecule has 0 aliphatic carbocycles. The van der Waals surface area contributed by atoms with E-state index in [0.29, 0.717) is 29.2 Å². The molecule has 1 amide bonds. The van der Waals surface area contributed by atoms with Gasteiger partial charge in [-0.05, 0) is 37.1 Å². The number of carbonyl (C=O) groups is 1. The molecule has 0 atom stereocenters. The van der Waals surface area contributed by atoms with Gasteiger partial charge in [0.05, 0.1) is 12.2 Å². The van der Waals surface area contributed by atoms with Crippen LogP contribution >= 0.6 is 11.6 Å². The molecule has 1 N–H and O–H groups in total. The van der Waals surface area contributed by atoms with Gasteiger partial charge in [-0.25, -0.2) is 4.79 Å². The van der Waals surface area contributed by atoms with Crippen LogP contribution in [0.1, 0.15) is 35.0 Å². The van der Waals surface area contributed by atoms with Crippen molar-refractivity contribution in [1.29, 1.82) is 0 Å². The highest BCUT2D eigenvalue weighted by molar-refractivity contribution is 6.31. The molecule has 0 saturated heterocycles. The molecule has 0 aliphatic rings. The first kappa shape index (κ1) is 20.5. The van der Waals surface area contributed by atoms with Crippen LogP contribution in [0.3, 0.4) is 0 Å². The first-order chi connectivity index (χ1) is 13.9. The molecule has 29 heavy (non-hydrogen) atoms. The third-order valence-corrected chi connectivity index (χ3v) is 4.74. The molecule has 1 aromatic heterocycles. The zero-order valence-electron chi connectivity index (χ0n) is 16.2. The molecule has 3 aromatic rings. The molecule has 0 spiro atoms. The molecule has 0 unspecified atom stereocenters. The molecule has 3 rings (SSSR count). The van der Waals surface area contributed by atoms with Crippen molar-refractivity contribution in [2.45, 2.75) is 26.8 Å². The van der Waals surface area contributed by atoms with E-state index in [1.54, 1.807) is 36.4 Å². The number of hydrogen-bond acceptors (Lipinski definition) is 4. The Balaban J connectivity index is 2.20. The molecule has 0 fully saturated rings. The number of aromatic nitrogens is 3. The van der Waals surface area contributed by atoms with Crippen molar-refractivity contribution in [3.63, 3.8) is 0 Å². The van der Waals surface area contributed by atoms with Crippen LogP contribution in [-0.4, -0.2) is 26.8 Å². The van der Waals surface area contributed by atoms with Crippen molar-refractivity contribution < 1.29 is 4.79 Å². The van der Waals surface area contributed by atoms with E-state index < -0.39 is 17.2 Å². The minimum Gasteiger partial charge on any atom is -0.350 e. The minimum atomic E-state index is -0.758. The molecular weight excluding hydrogens is 392 g/mol.